The predicted octanol–water partition coefficient (Wildman–Crippen LogP) is 4.48. The average molecular weight is 312 g/mol. The SMILES string of the molecule is O=C(O)C(c1cccc2ccccc12)C1(O)CCCCCCC1. The van der Waals surface area contributed by atoms with E-state index in [0.717, 1.165) is 42.0 Å². The van der Waals surface area contributed by atoms with Gasteiger partial charge in [0.15, 0.2) is 0 Å². The summed E-state index contributed by atoms with van der Waals surface area (Å²) in [5, 5.41) is 23.1. The summed E-state index contributed by atoms with van der Waals surface area (Å²) in [4.78, 5) is 12.1. The fourth-order valence-corrected chi connectivity index (χ4v) is 3.96. The van der Waals surface area contributed by atoms with Gasteiger partial charge in [0, 0.05) is 0 Å². The first-order valence-corrected chi connectivity index (χ1v) is 8.55. The monoisotopic (exact) mass is 312 g/mol. The highest BCUT2D eigenvalue weighted by Gasteiger charge is 2.42. The summed E-state index contributed by atoms with van der Waals surface area (Å²) in [5.41, 5.74) is -0.421. The maximum absolute atomic E-state index is 12.1. The van der Waals surface area contributed by atoms with Crippen LogP contribution in [0.2, 0.25) is 0 Å². The Morgan fingerprint density at radius 3 is 2.22 bits per heavy atom. The number of carboxylic acid groups (broad SMARTS) is 1. The van der Waals surface area contributed by atoms with Crippen LogP contribution in [0.5, 0.6) is 0 Å². The van der Waals surface area contributed by atoms with Crippen LogP contribution in [0.3, 0.4) is 0 Å². The number of fused-ring (bicyclic) bond motifs is 1. The molecular weight excluding hydrogens is 288 g/mol. The molecule has 0 spiro atoms. The molecule has 122 valence electrons. The van der Waals surface area contributed by atoms with Crippen LogP contribution in [0.4, 0.5) is 0 Å². The number of benzene rings is 2. The van der Waals surface area contributed by atoms with Crippen molar-refractivity contribution in [3.8, 4) is 0 Å². The highest BCUT2D eigenvalue weighted by Crippen LogP contribution is 2.41. The van der Waals surface area contributed by atoms with Crippen LogP contribution in [0, 0.1) is 0 Å². The molecule has 23 heavy (non-hydrogen) atoms. The van der Waals surface area contributed by atoms with E-state index in [2.05, 4.69) is 0 Å². The molecule has 3 heteroatoms. The summed E-state index contributed by atoms with van der Waals surface area (Å²) in [7, 11) is 0. The largest absolute Gasteiger partial charge is 0.481 e. The molecule has 0 saturated heterocycles. The minimum Gasteiger partial charge on any atom is -0.481 e. The molecule has 0 bridgehead atoms. The van der Waals surface area contributed by atoms with Crippen molar-refractivity contribution in [1.82, 2.24) is 0 Å². The van der Waals surface area contributed by atoms with Crippen molar-refractivity contribution in [3.05, 3.63) is 48.0 Å². The van der Waals surface area contributed by atoms with Crippen molar-refractivity contribution in [3.63, 3.8) is 0 Å². The van der Waals surface area contributed by atoms with Crippen LogP contribution in [0.15, 0.2) is 42.5 Å². The second-order valence-corrected chi connectivity index (χ2v) is 6.71. The van der Waals surface area contributed by atoms with Crippen LogP contribution in [-0.4, -0.2) is 21.8 Å². The lowest BCUT2D eigenvalue weighted by Gasteiger charge is -2.36. The van der Waals surface area contributed by atoms with Crippen molar-refractivity contribution in [2.75, 3.05) is 0 Å². The van der Waals surface area contributed by atoms with Crippen LogP contribution < -0.4 is 0 Å². The molecule has 3 rings (SSSR count). The highest BCUT2D eigenvalue weighted by molar-refractivity contribution is 5.91. The van der Waals surface area contributed by atoms with E-state index < -0.39 is 17.5 Å². The number of hydrogen-bond donors (Lipinski definition) is 2. The number of carbonyl (C=O) groups is 1. The Bertz CT molecular complexity index is 679. The molecule has 1 fully saturated rings. The number of rotatable bonds is 3. The zero-order valence-corrected chi connectivity index (χ0v) is 13.4. The molecule has 2 aromatic carbocycles. The molecule has 1 aliphatic carbocycles. The number of aliphatic hydroxyl groups is 1. The molecule has 0 aromatic heterocycles. The Hall–Kier alpha value is -1.87. The molecule has 3 nitrogen and oxygen atoms in total. The molecule has 0 heterocycles. The molecule has 2 N–H and O–H groups in total. The van der Waals surface area contributed by atoms with E-state index in [1.165, 1.54) is 6.42 Å². The summed E-state index contributed by atoms with van der Waals surface area (Å²) in [6.45, 7) is 0. The lowest BCUT2D eigenvalue weighted by molar-refractivity contribution is -0.147. The van der Waals surface area contributed by atoms with Crippen LogP contribution in [0.25, 0.3) is 10.8 Å². The fourth-order valence-electron chi connectivity index (χ4n) is 3.96. The topological polar surface area (TPSA) is 57.5 Å². The minimum absolute atomic E-state index is 0.563. The Kier molecular flexibility index (Phi) is 4.67. The third kappa shape index (κ3) is 3.25. The number of hydrogen-bond acceptors (Lipinski definition) is 2. The molecule has 1 atom stereocenters. The summed E-state index contributed by atoms with van der Waals surface area (Å²) >= 11 is 0. The molecule has 0 radical (unpaired) electrons. The van der Waals surface area contributed by atoms with Gasteiger partial charge >= 0.3 is 5.97 Å². The summed E-state index contributed by atoms with van der Waals surface area (Å²) in [5.74, 6) is -1.80. The third-order valence-electron chi connectivity index (χ3n) is 5.14. The van der Waals surface area contributed by atoms with Gasteiger partial charge in [-0.3, -0.25) is 4.79 Å². The Labute approximate surface area is 137 Å². The minimum atomic E-state index is -1.16. The van der Waals surface area contributed by atoms with E-state index in [1.807, 2.05) is 42.5 Å². The average Bonchev–Trinajstić information content (AvgIpc) is 2.52. The lowest BCUT2D eigenvalue weighted by Crippen LogP contribution is -2.41. The van der Waals surface area contributed by atoms with E-state index in [9.17, 15) is 15.0 Å². The molecule has 1 saturated carbocycles. The lowest BCUT2D eigenvalue weighted by atomic mass is 9.73. The van der Waals surface area contributed by atoms with Gasteiger partial charge in [0.1, 0.15) is 5.92 Å². The molecule has 0 amide bonds. The second-order valence-electron chi connectivity index (χ2n) is 6.71. The maximum Gasteiger partial charge on any atom is 0.313 e. The van der Waals surface area contributed by atoms with Gasteiger partial charge in [-0.2, -0.15) is 0 Å². The first-order chi connectivity index (χ1) is 11.1. The zero-order chi connectivity index (χ0) is 16.3. The number of carboxylic acids is 1. The van der Waals surface area contributed by atoms with E-state index in [4.69, 9.17) is 0 Å². The maximum atomic E-state index is 12.1. The first-order valence-electron chi connectivity index (χ1n) is 8.55. The van der Waals surface area contributed by atoms with E-state index in [-0.39, 0.29) is 0 Å². The van der Waals surface area contributed by atoms with Crippen LogP contribution >= 0.6 is 0 Å². The van der Waals surface area contributed by atoms with E-state index in [0.29, 0.717) is 12.8 Å². The van der Waals surface area contributed by atoms with E-state index >= 15 is 0 Å². The molecular formula is C20H24O3. The first kappa shape index (κ1) is 16.0. The van der Waals surface area contributed by atoms with Crippen molar-refractivity contribution >= 4 is 16.7 Å². The molecule has 1 aliphatic rings. The van der Waals surface area contributed by atoms with Gasteiger partial charge in [0.25, 0.3) is 0 Å². The van der Waals surface area contributed by atoms with Crippen molar-refractivity contribution in [2.45, 2.75) is 56.5 Å². The highest BCUT2D eigenvalue weighted by atomic mass is 16.4. The fraction of sp³-hybridized carbons (Fsp3) is 0.450. The van der Waals surface area contributed by atoms with Gasteiger partial charge in [0.2, 0.25) is 0 Å². The van der Waals surface area contributed by atoms with Crippen LogP contribution in [0.1, 0.15) is 56.4 Å². The second kappa shape index (κ2) is 6.71. The smallest absolute Gasteiger partial charge is 0.313 e. The van der Waals surface area contributed by atoms with E-state index in [1.54, 1.807) is 0 Å². The van der Waals surface area contributed by atoms with Gasteiger partial charge in [-0.15, -0.1) is 0 Å². The van der Waals surface area contributed by atoms with Gasteiger partial charge in [-0.05, 0) is 29.2 Å². The Morgan fingerprint density at radius 1 is 0.913 bits per heavy atom. The Morgan fingerprint density at radius 2 is 1.52 bits per heavy atom. The third-order valence-corrected chi connectivity index (χ3v) is 5.14. The van der Waals surface area contributed by atoms with Crippen molar-refractivity contribution in [2.24, 2.45) is 0 Å². The van der Waals surface area contributed by atoms with Gasteiger partial charge in [-0.1, -0.05) is 74.6 Å². The predicted molar refractivity (Wildman–Crippen MR) is 91.6 cm³/mol. The normalized spacial score (nSPS) is 19.7. The summed E-state index contributed by atoms with van der Waals surface area (Å²) < 4.78 is 0. The van der Waals surface area contributed by atoms with Gasteiger partial charge in [0.05, 0.1) is 5.60 Å². The van der Waals surface area contributed by atoms with Crippen molar-refractivity contribution in [1.29, 1.82) is 0 Å². The molecule has 1 unspecified atom stereocenters. The van der Waals surface area contributed by atoms with Gasteiger partial charge in [-0.25, -0.2) is 0 Å². The molecule has 0 aliphatic heterocycles. The number of aliphatic carboxylic acids is 1. The Balaban J connectivity index is 2.08. The van der Waals surface area contributed by atoms with Crippen LogP contribution in [-0.2, 0) is 4.79 Å². The van der Waals surface area contributed by atoms with Crippen molar-refractivity contribution < 1.29 is 15.0 Å². The molecule has 2 aromatic rings. The van der Waals surface area contributed by atoms with Gasteiger partial charge < -0.3 is 10.2 Å². The summed E-state index contributed by atoms with van der Waals surface area (Å²) in [6, 6.07) is 13.5. The zero-order valence-electron chi connectivity index (χ0n) is 13.4. The quantitative estimate of drug-likeness (QED) is 0.878. The standard InChI is InChI=1S/C20H24O3/c21-19(22)18(20(23)13-6-2-1-3-7-14-20)17-12-8-10-15-9-4-5-11-16(15)17/h4-5,8-12,18,23H,1-3,6-7,13-14H2,(H,21,22). The summed E-state index contributed by atoms with van der Waals surface area (Å²) in [6.07, 6.45) is 6.24.